The van der Waals surface area contributed by atoms with Crippen molar-refractivity contribution in [3.63, 3.8) is 0 Å². The summed E-state index contributed by atoms with van der Waals surface area (Å²) in [5.74, 6) is 0. The van der Waals surface area contributed by atoms with Gasteiger partial charge in [-0.25, -0.2) is 0 Å². The maximum Gasteiger partial charge on any atom is 0.0693 e. The molecular formula is C12H21NOS. The van der Waals surface area contributed by atoms with Crippen LogP contribution in [0.3, 0.4) is 0 Å². The highest BCUT2D eigenvalue weighted by Crippen LogP contribution is 2.22. The average molecular weight is 227 g/mol. The highest BCUT2D eigenvalue weighted by Gasteiger charge is 2.17. The van der Waals surface area contributed by atoms with Crippen LogP contribution in [0.2, 0.25) is 0 Å². The molecule has 1 aromatic rings. The van der Waals surface area contributed by atoms with Gasteiger partial charge >= 0.3 is 0 Å². The summed E-state index contributed by atoms with van der Waals surface area (Å²) >= 11 is 1.81. The third-order valence-corrected chi connectivity index (χ3v) is 3.82. The average Bonchev–Trinajstić information content (AvgIpc) is 2.77. The van der Waals surface area contributed by atoms with E-state index in [1.807, 2.05) is 11.3 Å². The number of hydrogen-bond acceptors (Lipinski definition) is 3. The molecule has 0 aliphatic rings. The second-order valence-electron chi connectivity index (χ2n) is 3.87. The largest absolute Gasteiger partial charge is 0.380 e. The summed E-state index contributed by atoms with van der Waals surface area (Å²) in [5, 5.41) is 5.73. The van der Waals surface area contributed by atoms with E-state index in [9.17, 15) is 0 Å². The first-order chi connectivity index (χ1) is 7.19. The first-order valence-electron chi connectivity index (χ1n) is 5.51. The minimum atomic E-state index is 0.249. The topological polar surface area (TPSA) is 21.3 Å². The molecular weight excluding hydrogens is 206 g/mol. The van der Waals surface area contributed by atoms with Crippen molar-refractivity contribution in [3.8, 4) is 0 Å². The van der Waals surface area contributed by atoms with Gasteiger partial charge in [-0.3, -0.25) is 0 Å². The summed E-state index contributed by atoms with van der Waals surface area (Å²) in [5.41, 5.74) is 0. The van der Waals surface area contributed by atoms with Gasteiger partial charge in [0.2, 0.25) is 0 Å². The number of nitrogens with one attached hydrogen (secondary N) is 1. The second-order valence-corrected chi connectivity index (χ2v) is 4.85. The SMILES string of the molecule is CCC(NC(C)C(C)OC)c1cccs1. The lowest BCUT2D eigenvalue weighted by Crippen LogP contribution is -2.38. The molecule has 0 aromatic carbocycles. The van der Waals surface area contributed by atoms with E-state index in [0.717, 1.165) is 6.42 Å². The Hall–Kier alpha value is -0.380. The summed E-state index contributed by atoms with van der Waals surface area (Å²) in [6.07, 6.45) is 1.36. The number of rotatable bonds is 6. The molecule has 0 saturated heterocycles. The molecule has 0 saturated carbocycles. The molecule has 1 heterocycles. The summed E-state index contributed by atoms with van der Waals surface area (Å²) in [4.78, 5) is 1.41. The maximum atomic E-state index is 5.32. The molecule has 0 aliphatic carbocycles. The van der Waals surface area contributed by atoms with Gasteiger partial charge in [-0.05, 0) is 31.7 Å². The van der Waals surface area contributed by atoms with Crippen molar-refractivity contribution < 1.29 is 4.74 Å². The Kier molecular flexibility index (Phi) is 5.29. The lowest BCUT2D eigenvalue weighted by Gasteiger charge is -2.25. The van der Waals surface area contributed by atoms with E-state index in [4.69, 9.17) is 4.74 Å². The van der Waals surface area contributed by atoms with Crippen molar-refractivity contribution in [2.45, 2.75) is 45.4 Å². The van der Waals surface area contributed by atoms with Crippen molar-refractivity contribution in [1.82, 2.24) is 5.32 Å². The Morgan fingerprint density at radius 2 is 2.20 bits per heavy atom. The smallest absolute Gasteiger partial charge is 0.0693 e. The molecule has 0 spiro atoms. The van der Waals surface area contributed by atoms with Crippen LogP contribution in [0.5, 0.6) is 0 Å². The zero-order valence-electron chi connectivity index (χ0n) is 9.99. The first kappa shape index (κ1) is 12.7. The molecule has 1 rings (SSSR count). The number of methoxy groups -OCH3 is 1. The van der Waals surface area contributed by atoms with E-state index in [1.54, 1.807) is 7.11 Å². The first-order valence-corrected chi connectivity index (χ1v) is 6.39. The molecule has 0 amide bonds. The molecule has 86 valence electrons. The quantitative estimate of drug-likeness (QED) is 0.805. The third-order valence-electron chi connectivity index (χ3n) is 2.83. The molecule has 3 heteroatoms. The van der Waals surface area contributed by atoms with Crippen molar-refractivity contribution in [3.05, 3.63) is 22.4 Å². The summed E-state index contributed by atoms with van der Waals surface area (Å²) in [6, 6.07) is 5.13. The van der Waals surface area contributed by atoms with Crippen LogP contribution >= 0.6 is 11.3 Å². The fourth-order valence-corrected chi connectivity index (χ4v) is 2.42. The monoisotopic (exact) mass is 227 g/mol. The van der Waals surface area contributed by atoms with E-state index in [2.05, 4.69) is 43.6 Å². The van der Waals surface area contributed by atoms with Gasteiger partial charge in [-0.15, -0.1) is 11.3 Å². The molecule has 0 fully saturated rings. The fourth-order valence-electron chi connectivity index (χ4n) is 1.55. The molecule has 0 radical (unpaired) electrons. The van der Waals surface area contributed by atoms with Gasteiger partial charge in [0.25, 0.3) is 0 Å². The van der Waals surface area contributed by atoms with Crippen LogP contribution in [-0.4, -0.2) is 19.3 Å². The van der Waals surface area contributed by atoms with Gasteiger partial charge in [-0.2, -0.15) is 0 Å². The lowest BCUT2D eigenvalue weighted by molar-refractivity contribution is 0.0843. The molecule has 2 nitrogen and oxygen atoms in total. The Bertz CT molecular complexity index is 261. The van der Waals surface area contributed by atoms with E-state index in [0.29, 0.717) is 12.1 Å². The predicted octanol–water partition coefficient (Wildman–Crippen LogP) is 3.21. The minimum Gasteiger partial charge on any atom is -0.380 e. The summed E-state index contributed by atoms with van der Waals surface area (Å²) in [6.45, 7) is 6.48. The Morgan fingerprint density at radius 3 is 2.67 bits per heavy atom. The van der Waals surface area contributed by atoms with Crippen LogP contribution in [0, 0.1) is 0 Å². The third kappa shape index (κ3) is 3.59. The van der Waals surface area contributed by atoms with Crippen LogP contribution in [0.25, 0.3) is 0 Å². The van der Waals surface area contributed by atoms with E-state index >= 15 is 0 Å². The van der Waals surface area contributed by atoms with Crippen molar-refractivity contribution in [2.24, 2.45) is 0 Å². The van der Waals surface area contributed by atoms with E-state index in [-0.39, 0.29) is 6.10 Å². The number of hydrogen-bond donors (Lipinski definition) is 1. The summed E-state index contributed by atoms with van der Waals surface area (Å²) in [7, 11) is 1.76. The normalized spacial score (nSPS) is 17.3. The maximum absolute atomic E-state index is 5.32. The van der Waals surface area contributed by atoms with Gasteiger partial charge < -0.3 is 10.1 Å². The molecule has 3 atom stereocenters. The van der Waals surface area contributed by atoms with Gasteiger partial charge in [0.1, 0.15) is 0 Å². The summed E-state index contributed by atoms with van der Waals surface area (Å²) < 4.78 is 5.32. The van der Waals surface area contributed by atoms with Gasteiger partial charge in [0.05, 0.1) is 6.10 Å². The molecule has 1 N–H and O–H groups in total. The molecule has 15 heavy (non-hydrogen) atoms. The zero-order valence-corrected chi connectivity index (χ0v) is 10.8. The Morgan fingerprint density at radius 1 is 1.47 bits per heavy atom. The van der Waals surface area contributed by atoms with Crippen molar-refractivity contribution >= 4 is 11.3 Å². The highest BCUT2D eigenvalue weighted by atomic mass is 32.1. The molecule has 0 aliphatic heterocycles. The predicted molar refractivity (Wildman–Crippen MR) is 66.4 cm³/mol. The van der Waals surface area contributed by atoms with E-state index in [1.165, 1.54) is 4.88 Å². The van der Waals surface area contributed by atoms with Gasteiger partial charge in [-0.1, -0.05) is 13.0 Å². The van der Waals surface area contributed by atoms with Crippen LogP contribution in [0.4, 0.5) is 0 Å². The fraction of sp³-hybridized carbons (Fsp3) is 0.667. The highest BCUT2D eigenvalue weighted by molar-refractivity contribution is 7.10. The van der Waals surface area contributed by atoms with Crippen LogP contribution < -0.4 is 5.32 Å². The number of thiophene rings is 1. The van der Waals surface area contributed by atoms with E-state index < -0.39 is 0 Å². The minimum absolute atomic E-state index is 0.249. The van der Waals surface area contributed by atoms with Crippen LogP contribution in [0.1, 0.15) is 38.1 Å². The van der Waals surface area contributed by atoms with Crippen LogP contribution in [0.15, 0.2) is 17.5 Å². The van der Waals surface area contributed by atoms with Crippen LogP contribution in [-0.2, 0) is 4.74 Å². The molecule has 3 unspecified atom stereocenters. The zero-order chi connectivity index (χ0) is 11.3. The van der Waals surface area contributed by atoms with Crippen molar-refractivity contribution in [1.29, 1.82) is 0 Å². The lowest BCUT2D eigenvalue weighted by atomic mass is 10.1. The van der Waals surface area contributed by atoms with Gasteiger partial charge in [0, 0.05) is 24.1 Å². The molecule has 1 aromatic heterocycles. The Labute approximate surface area is 96.7 Å². The van der Waals surface area contributed by atoms with Crippen molar-refractivity contribution in [2.75, 3.05) is 7.11 Å². The second kappa shape index (κ2) is 6.26. The Balaban J connectivity index is 2.54. The standard InChI is InChI=1S/C12H21NOS/c1-5-11(12-7-6-8-15-12)13-9(2)10(3)14-4/h6-11,13H,5H2,1-4H3. The number of ether oxygens (including phenoxy) is 1. The molecule has 0 bridgehead atoms. The van der Waals surface area contributed by atoms with Gasteiger partial charge in [0.15, 0.2) is 0 Å².